The van der Waals surface area contributed by atoms with Crippen LogP contribution in [0.4, 0.5) is 5.69 Å². The lowest BCUT2D eigenvalue weighted by molar-refractivity contribution is 0.313. The van der Waals surface area contributed by atoms with Crippen LogP contribution in [0.3, 0.4) is 0 Å². The molecule has 0 amide bonds. The van der Waals surface area contributed by atoms with Gasteiger partial charge in [0, 0.05) is 43.4 Å². The van der Waals surface area contributed by atoms with Gasteiger partial charge in [0.1, 0.15) is 0 Å². The van der Waals surface area contributed by atoms with Crippen molar-refractivity contribution < 1.29 is 5.11 Å². The summed E-state index contributed by atoms with van der Waals surface area (Å²) >= 11 is 12.5. The number of fused-ring (bicyclic) bond motifs is 1. The number of rotatable bonds is 5. The van der Waals surface area contributed by atoms with Crippen LogP contribution in [0.25, 0.3) is 33.2 Å². The third kappa shape index (κ3) is 4.66. The van der Waals surface area contributed by atoms with Crippen LogP contribution in [0.15, 0.2) is 60.8 Å². The molecule has 1 saturated carbocycles. The fraction of sp³-hybridized carbons (Fsp3) is 0.300. The number of piperazine rings is 1. The zero-order valence-electron chi connectivity index (χ0n) is 20.3. The number of nitrogens with zero attached hydrogens (tertiary/aromatic N) is 3. The van der Waals surface area contributed by atoms with Crippen molar-refractivity contribution >= 4 is 39.8 Å². The highest BCUT2D eigenvalue weighted by molar-refractivity contribution is 6.37. The molecule has 0 atom stereocenters. The second kappa shape index (κ2) is 9.59. The van der Waals surface area contributed by atoms with E-state index in [1.807, 2.05) is 6.07 Å². The van der Waals surface area contributed by atoms with Crippen molar-refractivity contribution in [2.75, 3.05) is 38.1 Å². The van der Waals surface area contributed by atoms with Gasteiger partial charge in [-0.2, -0.15) is 0 Å². The van der Waals surface area contributed by atoms with Crippen LogP contribution in [0.2, 0.25) is 10.0 Å². The molecule has 1 aromatic heterocycles. The molecule has 0 spiro atoms. The summed E-state index contributed by atoms with van der Waals surface area (Å²) < 4.78 is 0. The molecule has 1 N–H and O–H groups in total. The summed E-state index contributed by atoms with van der Waals surface area (Å²) in [5.74, 6) is 0.669. The second-order valence-corrected chi connectivity index (χ2v) is 11.0. The molecule has 2 fully saturated rings. The van der Waals surface area contributed by atoms with E-state index in [2.05, 4.69) is 59.4 Å². The standard InChI is InChI=1S/C30H29Cl2N3O/c1-34-10-12-35(13-11-34)24-7-4-20(5-8-24)29-23(14-19-2-3-19)18-33-28-9-6-21(15-25(28)29)22-16-26(31)30(36)27(32)17-22/h4-9,15-19,36H,2-3,10-14H2,1H3. The van der Waals surface area contributed by atoms with Gasteiger partial charge in [-0.15, -0.1) is 0 Å². The van der Waals surface area contributed by atoms with E-state index in [9.17, 15) is 5.11 Å². The van der Waals surface area contributed by atoms with Gasteiger partial charge in [0.25, 0.3) is 0 Å². The fourth-order valence-corrected chi connectivity index (χ4v) is 5.66. The van der Waals surface area contributed by atoms with Gasteiger partial charge in [-0.25, -0.2) is 0 Å². The minimum Gasteiger partial charge on any atom is -0.505 e. The minimum absolute atomic E-state index is 0.0858. The Hall–Kier alpha value is -2.79. The van der Waals surface area contributed by atoms with E-state index >= 15 is 0 Å². The predicted molar refractivity (Wildman–Crippen MR) is 150 cm³/mol. The molecule has 3 aromatic carbocycles. The van der Waals surface area contributed by atoms with Crippen LogP contribution >= 0.6 is 23.2 Å². The van der Waals surface area contributed by atoms with Gasteiger partial charge in [0.05, 0.1) is 15.6 Å². The first kappa shape index (κ1) is 23.6. The van der Waals surface area contributed by atoms with Crippen LogP contribution in [-0.4, -0.2) is 48.2 Å². The van der Waals surface area contributed by atoms with Gasteiger partial charge in [-0.3, -0.25) is 4.98 Å². The molecule has 4 aromatic rings. The van der Waals surface area contributed by atoms with E-state index < -0.39 is 0 Å². The molecule has 2 aliphatic rings. The van der Waals surface area contributed by atoms with Crippen molar-refractivity contribution in [1.82, 2.24) is 9.88 Å². The second-order valence-electron chi connectivity index (χ2n) is 10.2. The van der Waals surface area contributed by atoms with Crippen molar-refractivity contribution in [3.63, 3.8) is 0 Å². The Labute approximate surface area is 222 Å². The molecule has 6 heteroatoms. The molecular weight excluding hydrogens is 489 g/mol. The smallest absolute Gasteiger partial charge is 0.152 e. The third-order valence-corrected chi connectivity index (χ3v) is 8.10. The van der Waals surface area contributed by atoms with E-state index in [-0.39, 0.29) is 15.8 Å². The number of hydrogen-bond acceptors (Lipinski definition) is 4. The summed E-state index contributed by atoms with van der Waals surface area (Å²) in [5, 5.41) is 11.6. The predicted octanol–water partition coefficient (Wildman–Crippen LogP) is 7.29. The molecule has 184 valence electrons. The Kier molecular flexibility index (Phi) is 6.28. The Balaban J connectivity index is 1.45. The van der Waals surface area contributed by atoms with Crippen molar-refractivity contribution in [3.05, 3.63) is 76.4 Å². The van der Waals surface area contributed by atoms with E-state index in [4.69, 9.17) is 28.2 Å². The van der Waals surface area contributed by atoms with Gasteiger partial charge in [-0.1, -0.05) is 41.4 Å². The average Bonchev–Trinajstić information content (AvgIpc) is 3.71. The van der Waals surface area contributed by atoms with Gasteiger partial charge < -0.3 is 14.9 Å². The number of anilines is 1. The Morgan fingerprint density at radius 1 is 0.861 bits per heavy atom. The summed E-state index contributed by atoms with van der Waals surface area (Å²) in [6.07, 6.45) is 5.71. The largest absolute Gasteiger partial charge is 0.505 e. The van der Waals surface area contributed by atoms with E-state index in [1.54, 1.807) is 12.1 Å². The first-order valence-electron chi connectivity index (χ1n) is 12.6. The Morgan fingerprint density at radius 3 is 2.19 bits per heavy atom. The number of halogens is 2. The number of phenolic OH excluding ortho intramolecular Hbond substituents is 1. The van der Waals surface area contributed by atoms with E-state index in [1.165, 1.54) is 35.2 Å². The number of likely N-dealkylation sites (N-methyl/N-ethyl adjacent to an activating group) is 1. The molecule has 1 aliphatic heterocycles. The highest BCUT2D eigenvalue weighted by atomic mass is 35.5. The number of phenols is 1. The third-order valence-electron chi connectivity index (χ3n) is 7.53. The number of hydrogen-bond donors (Lipinski definition) is 1. The Morgan fingerprint density at radius 2 is 1.53 bits per heavy atom. The van der Waals surface area contributed by atoms with Crippen LogP contribution in [-0.2, 0) is 6.42 Å². The van der Waals surface area contributed by atoms with Crippen molar-refractivity contribution in [3.8, 4) is 28.0 Å². The molecule has 36 heavy (non-hydrogen) atoms. The molecule has 0 unspecified atom stereocenters. The molecule has 0 radical (unpaired) electrons. The van der Waals surface area contributed by atoms with Crippen LogP contribution < -0.4 is 4.90 Å². The van der Waals surface area contributed by atoms with Crippen molar-refractivity contribution in [2.45, 2.75) is 19.3 Å². The molecule has 2 heterocycles. The normalized spacial score (nSPS) is 16.6. The van der Waals surface area contributed by atoms with Gasteiger partial charge >= 0.3 is 0 Å². The SMILES string of the molecule is CN1CCN(c2ccc(-c3c(CC4CC4)cnc4ccc(-c5cc(Cl)c(O)c(Cl)c5)cc34)cc2)CC1. The minimum atomic E-state index is -0.0858. The number of aromatic hydroxyl groups is 1. The number of aromatic nitrogens is 1. The number of pyridine rings is 1. The van der Waals surface area contributed by atoms with E-state index in [0.29, 0.717) is 0 Å². The lowest BCUT2D eigenvalue weighted by Crippen LogP contribution is -2.44. The maximum atomic E-state index is 10.0. The van der Waals surface area contributed by atoms with Gasteiger partial charge in [0.2, 0.25) is 0 Å². The molecule has 6 rings (SSSR count). The first-order chi connectivity index (χ1) is 17.5. The topological polar surface area (TPSA) is 39.6 Å². The zero-order valence-corrected chi connectivity index (χ0v) is 21.9. The molecule has 1 aliphatic carbocycles. The zero-order chi connectivity index (χ0) is 24.8. The summed E-state index contributed by atoms with van der Waals surface area (Å²) in [5.41, 5.74) is 7.89. The highest BCUT2D eigenvalue weighted by Crippen LogP contribution is 2.41. The van der Waals surface area contributed by atoms with Gasteiger partial charge in [0.15, 0.2) is 5.75 Å². The lowest BCUT2D eigenvalue weighted by Gasteiger charge is -2.34. The summed E-state index contributed by atoms with van der Waals surface area (Å²) in [7, 11) is 2.19. The molecule has 4 nitrogen and oxygen atoms in total. The number of benzene rings is 3. The quantitative estimate of drug-likeness (QED) is 0.301. The fourth-order valence-electron chi connectivity index (χ4n) is 5.18. The Bertz CT molecular complexity index is 1400. The average molecular weight is 518 g/mol. The molecule has 0 bridgehead atoms. The summed E-state index contributed by atoms with van der Waals surface area (Å²) in [6.45, 7) is 4.30. The van der Waals surface area contributed by atoms with Crippen molar-refractivity contribution in [1.29, 1.82) is 0 Å². The molecule has 1 saturated heterocycles. The van der Waals surface area contributed by atoms with Gasteiger partial charge in [-0.05, 0) is 96.4 Å². The molecular formula is C30H29Cl2N3O. The van der Waals surface area contributed by atoms with Crippen LogP contribution in [0.1, 0.15) is 18.4 Å². The first-order valence-corrected chi connectivity index (χ1v) is 13.4. The summed E-state index contributed by atoms with van der Waals surface area (Å²) in [4.78, 5) is 9.67. The maximum Gasteiger partial charge on any atom is 0.152 e. The lowest BCUT2D eigenvalue weighted by atomic mass is 9.92. The van der Waals surface area contributed by atoms with Crippen LogP contribution in [0.5, 0.6) is 5.75 Å². The van der Waals surface area contributed by atoms with Crippen LogP contribution in [0, 0.1) is 5.92 Å². The van der Waals surface area contributed by atoms with Crippen molar-refractivity contribution in [2.24, 2.45) is 5.92 Å². The van der Waals surface area contributed by atoms with E-state index in [0.717, 1.165) is 60.5 Å². The summed E-state index contributed by atoms with van der Waals surface area (Å²) in [6, 6.07) is 18.8. The highest BCUT2D eigenvalue weighted by Gasteiger charge is 2.24. The maximum absolute atomic E-state index is 10.0. The monoisotopic (exact) mass is 517 g/mol.